The molecule has 0 saturated carbocycles. The van der Waals surface area contributed by atoms with Gasteiger partial charge in [0.1, 0.15) is 0 Å². The monoisotopic (exact) mass is 432 g/mol. The molecule has 0 fully saturated rings. The molecule has 0 aromatic carbocycles. The number of hydrogen-bond donors (Lipinski definition) is 1. The van der Waals surface area contributed by atoms with Gasteiger partial charge in [-0.1, -0.05) is 133 Å². The number of allylic oxidation sites excluding steroid dienone is 6. The van der Waals surface area contributed by atoms with Crippen LogP contribution in [0.3, 0.4) is 0 Å². The molecular formula is C29H52O2. The minimum atomic E-state index is -0.654. The topological polar surface area (TPSA) is 37.3 Å². The zero-order chi connectivity index (χ0) is 22.7. The quantitative estimate of drug-likeness (QED) is 0.122. The molecule has 0 radical (unpaired) electrons. The molecule has 1 N–H and O–H groups in total. The van der Waals surface area contributed by atoms with E-state index in [2.05, 4.69) is 43.4 Å². The van der Waals surface area contributed by atoms with Gasteiger partial charge in [-0.3, -0.25) is 4.79 Å². The van der Waals surface area contributed by atoms with E-state index >= 15 is 0 Å². The number of carboxylic acid groups (broad SMARTS) is 1. The predicted octanol–water partition coefficient (Wildman–Crippen LogP) is 9.95. The smallest absolute Gasteiger partial charge is 0.303 e. The third kappa shape index (κ3) is 28.7. The predicted molar refractivity (Wildman–Crippen MR) is 138 cm³/mol. The molecule has 31 heavy (non-hydrogen) atoms. The lowest BCUT2D eigenvalue weighted by Crippen LogP contribution is -1.93. The first-order valence-corrected chi connectivity index (χ1v) is 13.4. The normalized spacial score (nSPS) is 12.0. The van der Waals surface area contributed by atoms with Crippen molar-refractivity contribution in [3.63, 3.8) is 0 Å². The Hall–Kier alpha value is -1.31. The Labute approximate surface area is 194 Å². The van der Waals surface area contributed by atoms with E-state index in [1.54, 1.807) is 0 Å². The standard InChI is InChI=1S/C29H52O2/c1-2-3-4-5-6-7-8-9-10-11-12-13-14-15-16-17-18-19-20-21-22-23-24-25-26-27-28-29(30)31/h2-3,5-6,8-9H,4,7,10-28H2,1H3,(H,30,31). The lowest BCUT2D eigenvalue weighted by atomic mass is 10.0. The first-order valence-electron chi connectivity index (χ1n) is 13.4. The van der Waals surface area contributed by atoms with E-state index in [-0.39, 0.29) is 0 Å². The van der Waals surface area contributed by atoms with Crippen LogP contribution in [0.25, 0.3) is 0 Å². The van der Waals surface area contributed by atoms with Crippen molar-refractivity contribution in [1.82, 2.24) is 0 Å². The fourth-order valence-electron chi connectivity index (χ4n) is 3.89. The van der Waals surface area contributed by atoms with Gasteiger partial charge in [-0.15, -0.1) is 0 Å². The Morgan fingerprint density at radius 1 is 0.516 bits per heavy atom. The average molecular weight is 433 g/mol. The molecule has 2 nitrogen and oxygen atoms in total. The minimum absolute atomic E-state index is 0.341. The number of aliphatic carboxylic acids is 1. The van der Waals surface area contributed by atoms with Crippen molar-refractivity contribution in [1.29, 1.82) is 0 Å². The van der Waals surface area contributed by atoms with Crippen LogP contribution in [0.1, 0.15) is 142 Å². The van der Waals surface area contributed by atoms with Gasteiger partial charge in [-0.2, -0.15) is 0 Å². The van der Waals surface area contributed by atoms with E-state index in [1.165, 1.54) is 103 Å². The molecule has 0 aliphatic rings. The summed E-state index contributed by atoms with van der Waals surface area (Å²) in [4.78, 5) is 10.4. The summed E-state index contributed by atoms with van der Waals surface area (Å²) in [5, 5.41) is 8.60. The van der Waals surface area contributed by atoms with Crippen molar-refractivity contribution in [2.75, 3.05) is 0 Å². The van der Waals surface area contributed by atoms with E-state index in [4.69, 9.17) is 5.11 Å². The molecule has 0 rings (SSSR count). The summed E-state index contributed by atoms with van der Waals surface area (Å²) in [5.74, 6) is -0.654. The molecule has 0 heterocycles. The van der Waals surface area contributed by atoms with Crippen molar-refractivity contribution in [3.05, 3.63) is 36.5 Å². The van der Waals surface area contributed by atoms with Crippen LogP contribution < -0.4 is 0 Å². The maximum Gasteiger partial charge on any atom is 0.303 e. The van der Waals surface area contributed by atoms with Crippen LogP contribution in [0.15, 0.2) is 36.5 Å². The highest BCUT2D eigenvalue weighted by Crippen LogP contribution is 2.14. The Bertz CT molecular complexity index is 448. The number of hydrogen-bond acceptors (Lipinski definition) is 1. The molecule has 0 spiro atoms. The van der Waals surface area contributed by atoms with Crippen molar-refractivity contribution < 1.29 is 9.90 Å². The lowest BCUT2D eigenvalue weighted by molar-refractivity contribution is -0.137. The maximum atomic E-state index is 10.4. The van der Waals surface area contributed by atoms with E-state index in [0.29, 0.717) is 6.42 Å². The highest BCUT2D eigenvalue weighted by molar-refractivity contribution is 5.66. The second kappa shape index (κ2) is 26.7. The molecule has 0 amide bonds. The van der Waals surface area contributed by atoms with E-state index in [0.717, 1.165) is 25.7 Å². The van der Waals surface area contributed by atoms with Gasteiger partial charge in [0.05, 0.1) is 0 Å². The second-order valence-corrected chi connectivity index (χ2v) is 8.93. The van der Waals surface area contributed by atoms with Gasteiger partial charge in [0.25, 0.3) is 0 Å². The van der Waals surface area contributed by atoms with Gasteiger partial charge in [-0.05, 0) is 39.0 Å². The van der Waals surface area contributed by atoms with Crippen LogP contribution in [0.4, 0.5) is 0 Å². The molecule has 0 aliphatic carbocycles. The molecule has 2 heteroatoms. The van der Waals surface area contributed by atoms with Crippen molar-refractivity contribution in [2.24, 2.45) is 0 Å². The third-order valence-corrected chi connectivity index (χ3v) is 5.87. The molecule has 0 aliphatic heterocycles. The summed E-state index contributed by atoms with van der Waals surface area (Å²) in [7, 11) is 0. The first-order chi connectivity index (χ1) is 15.3. The van der Waals surface area contributed by atoms with Gasteiger partial charge < -0.3 is 5.11 Å². The van der Waals surface area contributed by atoms with Crippen molar-refractivity contribution in [2.45, 2.75) is 142 Å². The van der Waals surface area contributed by atoms with Crippen LogP contribution >= 0.6 is 0 Å². The number of unbranched alkanes of at least 4 members (excludes halogenated alkanes) is 17. The summed E-state index contributed by atoms with van der Waals surface area (Å²) in [6.45, 7) is 2.07. The largest absolute Gasteiger partial charge is 0.481 e. The van der Waals surface area contributed by atoms with Gasteiger partial charge in [0.15, 0.2) is 0 Å². The third-order valence-electron chi connectivity index (χ3n) is 5.87. The Morgan fingerprint density at radius 2 is 0.871 bits per heavy atom. The summed E-state index contributed by atoms with van der Waals surface area (Å²) in [5.41, 5.74) is 0. The molecule has 0 atom stereocenters. The van der Waals surface area contributed by atoms with Gasteiger partial charge >= 0.3 is 5.97 Å². The molecule has 180 valence electrons. The average Bonchev–Trinajstić information content (AvgIpc) is 2.76. The van der Waals surface area contributed by atoms with Crippen LogP contribution in [0.2, 0.25) is 0 Å². The van der Waals surface area contributed by atoms with Crippen LogP contribution in [-0.4, -0.2) is 11.1 Å². The summed E-state index contributed by atoms with van der Waals surface area (Å²) >= 11 is 0. The molecule has 0 saturated heterocycles. The number of carbonyl (C=O) groups is 1. The highest BCUT2D eigenvalue weighted by atomic mass is 16.4. The van der Waals surface area contributed by atoms with Gasteiger partial charge in [0.2, 0.25) is 0 Å². The summed E-state index contributed by atoms with van der Waals surface area (Å²) in [6, 6.07) is 0. The molecule has 0 aromatic rings. The summed E-state index contributed by atoms with van der Waals surface area (Å²) < 4.78 is 0. The number of rotatable bonds is 24. The molecular weight excluding hydrogens is 380 g/mol. The Morgan fingerprint density at radius 3 is 1.29 bits per heavy atom. The number of carboxylic acids is 1. The fourth-order valence-corrected chi connectivity index (χ4v) is 3.89. The van der Waals surface area contributed by atoms with Crippen LogP contribution in [0, 0.1) is 0 Å². The first kappa shape index (κ1) is 29.7. The van der Waals surface area contributed by atoms with Crippen molar-refractivity contribution in [3.8, 4) is 0 Å². The molecule has 0 unspecified atom stereocenters. The fraction of sp³-hybridized carbons (Fsp3) is 0.759. The van der Waals surface area contributed by atoms with E-state index in [1.807, 2.05) is 0 Å². The molecule has 0 aromatic heterocycles. The highest BCUT2D eigenvalue weighted by Gasteiger charge is 1.97. The van der Waals surface area contributed by atoms with Crippen LogP contribution in [-0.2, 0) is 4.79 Å². The second-order valence-electron chi connectivity index (χ2n) is 8.93. The van der Waals surface area contributed by atoms with Gasteiger partial charge in [0, 0.05) is 6.42 Å². The van der Waals surface area contributed by atoms with Crippen LogP contribution in [0.5, 0.6) is 0 Å². The lowest BCUT2D eigenvalue weighted by Gasteiger charge is -2.03. The minimum Gasteiger partial charge on any atom is -0.481 e. The van der Waals surface area contributed by atoms with Crippen molar-refractivity contribution >= 4 is 5.97 Å². The zero-order valence-electron chi connectivity index (χ0n) is 20.7. The Balaban J connectivity index is 3.11. The summed E-state index contributed by atoms with van der Waals surface area (Å²) in [6.07, 6.45) is 39.7. The maximum absolute atomic E-state index is 10.4. The SMILES string of the molecule is CC=CCC=CCC=CCCCCCCCCCCCCCCCCCCCC(=O)O. The Kier molecular flexibility index (Phi) is 25.6. The van der Waals surface area contributed by atoms with Gasteiger partial charge in [-0.25, -0.2) is 0 Å². The van der Waals surface area contributed by atoms with E-state index in [9.17, 15) is 4.79 Å². The van der Waals surface area contributed by atoms with E-state index < -0.39 is 5.97 Å². The zero-order valence-corrected chi connectivity index (χ0v) is 20.7. The molecule has 0 bridgehead atoms.